The van der Waals surface area contributed by atoms with Crippen LogP contribution in [0.2, 0.25) is 0 Å². The van der Waals surface area contributed by atoms with Crippen LogP contribution in [0, 0.1) is 0 Å². The number of carbonyl (C=O) groups is 1. The van der Waals surface area contributed by atoms with Gasteiger partial charge in [-0.05, 0) is 25.0 Å². The molecule has 1 aromatic rings. The van der Waals surface area contributed by atoms with Crippen molar-refractivity contribution in [2.75, 3.05) is 0 Å². The number of halogens is 1. The number of carbonyl (C=O) groups excluding carboxylic acids is 1. The van der Waals surface area contributed by atoms with E-state index in [0.717, 1.165) is 6.42 Å². The third kappa shape index (κ3) is 6.48. The first kappa shape index (κ1) is 18.0. The number of unbranched alkanes of at least 4 members (excludes halogenated alkanes) is 1. The zero-order valence-electron chi connectivity index (χ0n) is 11.5. The van der Waals surface area contributed by atoms with Gasteiger partial charge in [0.15, 0.2) is 0 Å². The number of para-hydroxylation sites is 1. The lowest BCUT2D eigenvalue weighted by Crippen LogP contribution is -2.28. The molecule has 0 amide bonds. The van der Waals surface area contributed by atoms with Crippen molar-refractivity contribution in [2.24, 2.45) is 0 Å². The summed E-state index contributed by atoms with van der Waals surface area (Å²) in [7, 11) is -4.54. The SMILES string of the molecule is CCCCC(OC(=O)C(Cl)Oc1ccccc1)P(=O)(O)O. The van der Waals surface area contributed by atoms with Gasteiger partial charge in [-0.3, -0.25) is 4.57 Å². The van der Waals surface area contributed by atoms with Gasteiger partial charge in [-0.1, -0.05) is 43.1 Å². The Morgan fingerprint density at radius 3 is 2.48 bits per heavy atom. The molecule has 21 heavy (non-hydrogen) atoms. The molecular formula is C13H18ClO6P. The second-order valence-electron chi connectivity index (χ2n) is 4.37. The molecule has 0 fully saturated rings. The third-order valence-corrected chi connectivity index (χ3v) is 3.98. The molecule has 0 radical (unpaired) electrons. The van der Waals surface area contributed by atoms with Gasteiger partial charge in [0, 0.05) is 0 Å². The molecule has 0 aliphatic rings. The van der Waals surface area contributed by atoms with E-state index in [1.807, 2.05) is 6.92 Å². The van der Waals surface area contributed by atoms with Crippen molar-refractivity contribution >= 4 is 25.2 Å². The lowest BCUT2D eigenvalue weighted by molar-refractivity contribution is -0.151. The number of ether oxygens (including phenoxy) is 2. The van der Waals surface area contributed by atoms with Gasteiger partial charge in [0.2, 0.25) is 5.85 Å². The summed E-state index contributed by atoms with van der Waals surface area (Å²) in [6.07, 6.45) is 1.32. The summed E-state index contributed by atoms with van der Waals surface area (Å²) < 4.78 is 21.2. The molecule has 0 bridgehead atoms. The summed E-state index contributed by atoms with van der Waals surface area (Å²) in [6.45, 7) is 1.86. The molecular weight excluding hydrogens is 319 g/mol. The fourth-order valence-electron chi connectivity index (χ4n) is 1.53. The summed E-state index contributed by atoms with van der Waals surface area (Å²) in [5.74, 6) is -2.16. The van der Waals surface area contributed by atoms with E-state index in [9.17, 15) is 19.1 Å². The van der Waals surface area contributed by atoms with E-state index in [4.69, 9.17) is 21.1 Å². The van der Waals surface area contributed by atoms with Crippen molar-refractivity contribution in [3.63, 3.8) is 0 Å². The standard InChI is InChI=1S/C13H18ClO6P/c1-2-3-9-11(21(16,17)18)20-13(15)12(14)19-10-7-5-4-6-8-10/h4-8,11-12H,2-3,9H2,1H3,(H2,16,17,18). The number of benzene rings is 1. The molecule has 0 spiro atoms. The van der Waals surface area contributed by atoms with Crippen LogP contribution < -0.4 is 4.74 Å². The summed E-state index contributed by atoms with van der Waals surface area (Å²) >= 11 is 5.74. The Labute approximate surface area is 128 Å². The van der Waals surface area contributed by atoms with Crippen LogP contribution in [0.5, 0.6) is 5.75 Å². The Hall–Kier alpha value is -1.07. The normalized spacial score (nSPS) is 14.3. The van der Waals surface area contributed by atoms with E-state index < -0.39 is 25.0 Å². The largest absolute Gasteiger partial charge is 0.463 e. The average Bonchev–Trinajstić information content (AvgIpc) is 2.43. The molecule has 1 aromatic carbocycles. The molecule has 0 aliphatic carbocycles. The van der Waals surface area contributed by atoms with E-state index in [0.29, 0.717) is 12.2 Å². The molecule has 2 unspecified atom stereocenters. The summed E-state index contributed by atoms with van der Waals surface area (Å²) in [5.41, 5.74) is -1.47. The van der Waals surface area contributed by atoms with E-state index >= 15 is 0 Å². The lowest BCUT2D eigenvalue weighted by Gasteiger charge is -2.20. The van der Waals surface area contributed by atoms with Gasteiger partial charge in [-0.25, -0.2) is 4.79 Å². The topological polar surface area (TPSA) is 93.1 Å². The molecule has 0 heterocycles. The van der Waals surface area contributed by atoms with Crippen molar-refractivity contribution in [1.82, 2.24) is 0 Å². The monoisotopic (exact) mass is 336 g/mol. The van der Waals surface area contributed by atoms with Crippen LogP contribution >= 0.6 is 19.2 Å². The highest BCUT2D eigenvalue weighted by molar-refractivity contribution is 7.52. The molecule has 0 saturated carbocycles. The average molecular weight is 337 g/mol. The number of alkyl halides is 1. The summed E-state index contributed by atoms with van der Waals surface area (Å²) in [6, 6.07) is 8.36. The minimum Gasteiger partial charge on any atom is -0.463 e. The Morgan fingerprint density at radius 2 is 1.95 bits per heavy atom. The maximum Gasteiger partial charge on any atom is 0.365 e. The van der Waals surface area contributed by atoms with Crippen molar-refractivity contribution in [3.8, 4) is 5.75 Å². The van der Waals surface area contributed by atoms with Crippen molar-refractivity contribution < 1.29 is 28.6 Å². The summed E-state index contributed by atoms with van der Waals surface area (Å²) in [5, 5.41) is 0. The molecule has 2 atom stereocenters. The van der Waals surface area contributed by atoms with Gasteiger partial charge in [-0.2, -0.15) is 0 Å². The molecule has 0 aliphatic heterocycles. The van der Waals surface area contributed by atoms with Crippen LogP contribution in [-0.2, 0) is 14.1 Å². The quantitative estimate of drug-likeness (QED) is 0.431. The van der Waals surface area contributed by atoms with Crippen LogP contribution in [0.4, 0.5) is 0 Å². The fraction of sp³-hybridized carbons (Fsp3) is 0.462. The van der Waals surface area contributed by atoms with Crippen molar-refractivity contribution in [3.05, 3.63) is 30.3 Å². The van der Waals surface area contributed by atoms with Crippen LogP contribution in [0.15, 0.2) is 30.3 Å². The van der Waals surface area contributed by atoms with Crippen molar-refractivity contribution in [2.45, 2.75) is 37.6 Å². The Kier molecular flexibility index (Phi) is 7.18. The van der Waals surface area contributed by atoms with Gasteiger partial charge in [0.05, 0.1) is 0 Å². The van der Waals surface area contributed by atoms with Gasteiger partial charge in [0.1, 0.15) is 5.75 Å². The predicted molar refractivity (Wildman–Crippen MR) is 78.2 cm³/mol. The first-order valence-electron chi connectivity index (χ1n) is 6.46. The summed E-state index contributed by atoms with van der Waals surface area (Å²) in [4.78, 5) is 30.1. The third-order valence-electron chi connectivity index (χ3n) is 2.60. The number of esters is 1. The maximum atomic E-state index is 11.7. The Morgan fingerprint density at radius 1 is 1.33 bits per heavy atom. The number of hydrogen-bond acceptors (Lipinski definition) is 4. The number of rotatable bonds is 8. The molecule has 0 saturated heterocycles. The van der Waals surface area contributed by atoms with E-state index in [-0.39, 0.29) is 6.42 Å². The molecule has 6 nitrogen and oxygen atoms in total. The van der Waals surface area contributed by atoms with Crippen LogP contribution in [0.3, 0.4) is 0 Å². The maximum absolute atomic E-state index is 11.7. The van der Waals surface area contributed by atoms with Gasteiger partial charge >= 0.3 is 13.6 Å². The minimum atomic E-state index is -4.54. The first-order valence-corrected chi connectivity index (χ1v) is 8.58. The highest BCUT2D eigenvalue weighted by atomic mass is 35.5. The zero-order valence-corrected chi connectivity index (χ0v) is 13.2. The first-order chi connectivity index (χ1) is 9.84. The lowest BCUT2D eigenvalue weighted by atomic mass is 10.3. The molecule has 1 rings (SSSR count). The zero-order chi connectivity index (χ0) is 15.9. The van der Waals surface area contributed by atoms with Crippen LogP contribution in [0.25, 0.3) is 0 Å². The van der Waals surface area contributed by atoms with Crippen molar-refractivity contribution in [1.29, 1.82) is 0 Å². The smallest absolute Gasteiger partial charge is 0.365 e. The highest BCUT2D eigenvalue weighted by Gasteiger charge is 2.34. The fourth-order valence-corrected chi connectivity index (χ4v) is 2.44. The van der Waals surface area contributed by atoms with E-state index in [1.165, 1.54) is 0 Å². The van der Waals surface area contributed by atoms with E-state index in [2.05, 4.69) is 0 Å². The molecule has 2 N–H and O–H groups in total. The minimum absolute atomic E-state index is 0.0709. The van der Waals surface area contributed by atoms with Gasteiger partial charge < -0.3 is 19.3 Å². The van der Waals surface area contributed by atoms with Crippen LogP contribution in [0.1, 0.15) is 26.2 Å². The Bertz CT molecular complexity index is 489. The second kappa shape index (κ2) is 8.39. The number of hydrogen-bond donors (Lipinski definition) is 2. The van der Waals surface area contributed by atoms with Gasteiger partial charge in [-0.15, -0.1) is 0 Å². The predicted octanol–water partition coefficient (Wildman–Crippen LogP) is 2.87. The van der Waals surface area contributed by atoms with Crippen LogP contribution in [-0.4, -0.2) is 27.2 Å². The second-order valence-corrected chi connectivity index (χ2v) is 6.52. The molecule has 8 heteroatoms. The molecule has 0 aromatic heterocycles. The Balaban J connectivity index is 2.62. The highest BCUT2D eigenvalue weighted by Crippen LogP contribution is 2.44. The van der Waals surface area contributed by atoms with Gasteiger partial charge in [0.25, 0.3) is 5.56 Å². The molecule has 118 valence electrons. The van der Waals surface area contributed by atoms with E-state index in [1.54, 1.807) is 30.3 Å².